The fraction of sp³-hybridized carbons (Fsp3) is 0.588. The highest BCUT2D eigenvalue weighted by atomic mass is 16.5. The number of benzene rings is 1. The summed E-state index contributed by atoms with van der Waals surface area (Å²) >= 11 is 0. The van der Waals surface area contributed by atoms with Crippen LogP contribution in [-0.4, -0.2) is 25.7 Å². The van der Waals surface area contributed by atoms with Crippen LogP contribution in [0.5, 0.6) is 5.75 Å². The van der Waals surface area contributed by atoms with Crippen LogP contribution < -0.4 is 10.1 Å². The Hall–Kier alpha value is -1.71. The predicted molar refractivity (Wildman–Crippen MR) is 83.5 cm³/mol. The van der Waals surface area contributed by atoms with E-state index in [0.717, 1.165) is 30.7 Å². The van der Waals surface area contributed by atoms with Crippen LogP contribution >= 0.6 is 0 Å². The lowest BCUT2D eigenvalue weighted by Crippen LogP contribution is -2.56. The van der Waals surface area contributed by atoms with Gasteiger partial charge < -0.3 is 14.8 Å². The molecule has 116 valence electrons. The van der Waals surface area contributed by atoms with E-state index in [1.807, 2.05) is 24.3 Å². The Morgan fingerprint density at radius 1 is 1.33 bits per heavy atom. The third-order valence-corrected chi connectivity index (χ3v) is 4.85. The van der Waals surface area contributed by atoms with Crippen molar-refractivity contribution in [2.24, 2.45) is 11.8 Å². The monoisotopic (exact) mass is 291 g/mol. The molecule has 1 aliphatic carbocycles. The van der Waals surface area contributed by atoms with Gasteiger partial charge >= 0.3 is 5.97 Å². The molecule has 1 aliphatic rings. The minimum Gasteiger partial charge on any atom is -0.497 e. The van der Waals surface area contributed by atoms with E-state index in [0.29, 0.717) is 5.92 Å². The molecule has 0 amide bonds. The number of anilines is 1. The van der Waals surface area contributed by atoms with Gasteiger partial charge in [-0.05, 0) is 30.4 Å². The molecule has 0 heterocycles. The van der Waals surface area contributed by atoms with Crippen LogP contribution in [0.25, 0.3) is 0 Å². The first-order chi connectivity index (χ1) is 10.0. The Labute approximate surface area is 126 Å². The molecule has 0 saturated heterocycles. The molecule has 21 heavy (non-hydrogen) atoms. The molecule has 1 fully saturated rings. The number of hydrogen-bond donors (Lipinski definition) is 1. The van der Waals surface area contributed by atoms with Gasteiger partial charge in [-0.3, -0.25) is 0 Å². The van der Waals surface area contributed by atoms with Gasteiger partial charge in [-0.15, -0.1) is 0 Å². The molecule has 0 aromatic heterocycles. The minimum absolute atomic E-state index is 0.177. The third kappa shape index (κ3) is 2.99. The van der Waals surface area contributed by atoms with Crippen molar-refractivity contribution in [2.75, 3.05) is 19.5 Å². The standard InChI is InChI=1S/C17H25NO3/c1-12-7-6-10-17(13(12)2,16(19)21-4)18-14-8-5-9-15(11-14)20-3/h5,8-9,11-13,18H,6-7,10H2,1-4H3. The molecule has 0 radical (unpaired) electrons. The van der Waals surface area contributed by atoms with Gasteiger partial charge in [0, 0.05) is 11.8 Å². The summed E-state index contributed by atoms with van der Waals surface area (Å²) in [5.41, 5.74) is 0.236. The van der Waals surface area contributed by atoms with E-state index in [4.69, 9.17) is 9.47 Å². The van der Waals surface area contributed by atoms with Crippen LogP contribution in [0.4, 0.5) is 5.69 Å². The second kappa shape index (κ2) is 6.37. The second-order valence-electron chi connectivity index (χ2n) is 5.98. The summed E-state index contributed by atoms with van der Waals surface area (Å²) in [6.07, 6.45) is 2.97. The number of rotatable bonds is 4. The Morgan fingerprint density at radius 3 is 2.76 bits per heavy atom. The normalized spacial score (nSPS) is 28.8. The molecule has 1 N–H and O–H groups in total. The van der Waals surface area contributed by atoms with Crippen molar-refractivity contribution in [3.63, 3.8) is 0 Å². The van der Waals surface area contributed by atoms with E-state index in [-0.39, 0.29) is 11.9 Å². The summed E-state index contributed by atoms with van der Waals surface area (Å²) in [6.45, 7) is 4.34. The summed E-state index contributed by atoms with van der Waals surface area (Å²) in [5, 5.41) is 3.45. The highest BCUT2D eigenvalue weighted by molar-refractivity contribution is 5.85. The number of nitrogens with one attached hydrogen (secondary N) is 1. The topological polar surface area (TPSA) is 47.6 Å². The zero-order valence-electron chi connectivity index (χ0n) is 13.3. The summed E-state index contributed by atoms with van der Waals surface area (Å²) in [6, 6.07) is 7.68. The van der Waals surface area contributed by atoms with Crippen LogP contribution in [0.3, 0.4) is 0 Å². The van der Waals surface area contributed by atoms with Gasteiger partial charge in [-0.2, -0.15) is 0 Å². The number of methoxy groups -OCH3 is 2. The summed E-state index contributed by atoms with van der Waals surface area (Å²) in [4.78, 5) is 12.5. The first-order valence-corrected chi connectivity index (χ1v) is 7.54. The molecule has 1 aromatic carbocycles. The molecule has 0 bridgehead atoms. The highest BCUT2D eigenvalue weighted by Gasteiger charge is 2.48. The number of esters is 1. The molecule has 3 unspecified atom stereocenters. The van der Waals surface area contributed by atoms with Gasteiger partial charge in [0.05, 0.1) is 14.2 Å². The Morgan fingerprint density at radius 2 is 2.10 bits per heavy atom. The van der Waals surface area contributed by atoms with Crippen LogP contribution in [0.1, 0.15) is 33.1 Å². The first kappa shape index (κ1) is 15.7. The Kier molecular flexibility index (Phi) is 4.76. The molecule has 4 heteroatoms. The summed E-state index contributed by atoms with van der Waals surface area (Å²) in [7, 11) is 3.10. The van der Waals surface area contributed by atoms with Crippen molar-refractivity contribution in [1.29, 1.82) is 0 Å². The number of carbonyl (C=O) groups excluding carboxylic acids is 1. The average molecular weight is 291 g/mol. The van der Waals surface area contributed by atoms with Gasteiger partial charge in [0.1, 0.15) is 11.3 Å². The lowest BCUT2D eigenvalue weighted by atomic mass is 9.68. The molecule has 1 aromatic rings. The number of hydrogen-bond acceptors (Lipinski definition) is 4. The number of ether oxygens (including phenoxy) is 2. The van der Waals surface area contributed by atoms with Gasteiger partial charge in [-0.1, -0.05) is 32.8 Å². The van der Waals surface area contributed by atoms with Gasteiger partial charge in [0.15, 0.2) is 0 Å². The van der Waals surface area contributed by atoms with Crippen molar-refractivity contribution >= 4 is 11.7 Å². The maximum absolute atomic E-state index is 12.5. The van der Waals surface area contributed by atoms with Crippen LogP contribution in [0.15, 0.2) is 24.3 Å². The third-order valence-electron chi connectivity index (χ3n) is 4.85. The van der Waals surface area contributed by atoms with Crippen LogP contribution in [-0.2, 0) is 9.53 Å². The zero-order chi connectivity index (χ0) is 15.5. The predicted octanol–water partition coefficient (Wildman–Crippen LogP) is 3.48. The zero-order valence-corrected chi connectivity index (χ0v) is 13.3. The SMILES string of the molecule is COC(=O)C1(Nc2cccc(OC)c2)CCCC(C)C1C. The molecule has 3 atom stereocenters. The van der Waals surface area contributed by atoms with Crippen LogP contribution in [0, 0.1) is 11.8 Å². The molecule has 1 saturated carbocycles. The van der Waals surface area contributed by atoms with E-state index < -0.39 is 5.54 Å². The minimum atomic E-state index is -0.654. The van der Waals surface area contributed by atoms with Crippen molar-refractivity contribution in [3.05, 3.63) is 24.3 Å². The fourth-order valence-corrected chi connectivity index (χ4v) is 3.32. The van der Waals surface area contributed by atoms with Crippen molar-refractivity contribution in [1.82, 2.24) is 0 Å². The molecular weight excluding hydrogens is 266 g/mol. The Balaban J connectivity index is 2.34. The van der Waals surface area contributed by atoms with E-state index >= 15 is 0 Å². The van der Waals surface area contributed by atoms with E-state index in [1.165, 1.54) is 7.11 Å². The molecule has 4 nitrogen and oxygen atoms in total. The van der Waals surface area contributed by atoms with Crippen molar-refractivity contribution < 1.29 is 14.3 Å². The highest BCUT2D eigenvalue weighted by Crippen LogP contribution is 2.41. The van der Waals surface area contributed by atoms with Gasteiger partial charge in [0.25, 0.3) is 0 Å². The van der Waals surface area contributed by atoms with Crippen molar-refractivity contribution in [3.8, 4) is 5.75 Å². The maximum atomic E-state index is 12.5. The first-order valence-electron chi connectivity index (χ1n) is 7.54. The fourth-order valence-electron chi connectivity index (χ4n) is 3.32. The molecule has 0 aliphatic heterocycles. The average Bonchev–Trinajstić information content (AvgIpc) is 2.51. The lowest BCUT2D eigenvalue weighted by Gasteiger charge is -2.44. The quantitative estimate of drug-likeness (QED) is 0.863. The van der Waals surface area contributed by atoms with Crippen molar-refractivity contribution in [2.45, 2.75) is 38.6 Å². The van der Waals surface area contributed by atoms with Gasteiger partial charge in [0.2, 0.25) is 0 Å². The Bertz CT molecular complexity index is 503. The molecule has 2 rings (SSSR count). The smallest absolute Gasteiger partial charge is 0.331 e. The largest absolute Gasteiger partial charge is 0.497 e. The van der Waals surface area contributed by atoms with E-state index in [2.05, 4.69) is 19.2 Å². The second-order valence-corrected chi connectivity index (χ2v) is 5.98. The van der Waals surface area contributed by atoms with E-state index in [1.54, 1.807) is 7.11 Å². The number of carbonyl (C=O) groups is 1. The summed E-state index contributed by atoms with van der Waals surface area (Å²) in [5.74, 6) is 1.29. The summed E-state index contributed by atoms with van der Waals surface area (Å²) < 4.78 is 10.4. The molecule has 0 spiro atoms. The maximum Gasteiger partial charge on any atom is 0.331 e. The van der Waals surface area contributed by atoms with Crippen LogP contribution in [0.2, 0.25) is 0 Å². The van der Waals surface area contributed by atoms with Gasteiger partial charge in [-0.25, -0.2) is 4.79 Å². The molecular formula is C17H25NO3. The van der Waals surface area contributed by atoms with E-state index in [9.17, 15) is 4.79 Å². The lowest BCUT2D eigenvalue weighted by molar-refractivity contribution is -0.150.